The Morgan fingerprint density at radius 3 is 2.52 bits per heavy atom. The topological polar surface area (TPSA) is 43.4 Å². The normalized spacial score (nSPS) is 11.8. The molecule has 0 aliphatic rings. The van der Waals surface area contributed by atoms with E-state index in [1.807, 2.05) is 18.2 Å². The Morgan fingerprint density at radius 2 is 1.90 bits per heavy atom. The second-order valence-electron chi connectivity index (χ2n) is 4.81. The maximum Gasteiger partial charge on any atom is 0.212 e. The number of pyridine rings is 1. The Hall–Kier alpha value is -2.30. The number of methoxy groups -OCH3 is 2. The molecule has 112 valence electrons. The van der Waals surface area contributed by atoms with Crippen LogP contribution in [0.4, 0.5) is 10.1 Å². The van der Waals surface area contributed by atoms with Crippen molar-refractivity contribution in [2.24, 2.45) is 0 Å². The van der Waals surface area contributed by atoms with Gasteiger partial charge in [0.2, 0.25) is 5.95 Å². The van der Waals surface area contributed by atoms with E-state index in [0.717, 1.165) is 17.7 Å². The van der Waals surface area contributed by atoms with Gasteiger partial charge in [0, 0.05) is 6.04 Å². The van der Waals surface area contributed by atoms with Crippen molar-refractivity contribution in [2.75, 3.05) is 19.5 Å². The molecule has 0 radical (unpaired) electrons. The van der Waals surface area contributed by atoms with Gasteiger partial charge in [0.15, 0.2) is 11.5 Å². The molecule has 0 amide bonds. The fourth-order valence-corrected chi connectivity index (χ4v) is 2.16. The number of hydrogen-bond acceptors (Lipinski definition) is 4. The molecule has 0 aliphatic heterocycles. The first-order valence-corrected chi connectivity index (χ1v) is 6.71. The number of halogens is 1. The molecule has 2 rings (SSSR count). The van der Waals surface area contributed by atoms with Gasteiger partial charge >= 0.3 is 0 Å². The van der Waals surface area contributed by atoms with Gasteiger partial charge in [-0.05, 0) is 43.2 Å². The molecular weight excluding hydrogens is 271 g/mol. The van der Waals surface area contributed by atoms with E-state index >= 15 is 0 Å². The van der Waals surface area contributed by atoms with Crippen molar-refractivity contribution < 1.29 is 13.9 Å². The lowest BCUT2D eigenvalue weighted by molar-refractivity contribution is 0.354. The molecule has 1 aromatic heterocycles. The highest BCUT2D eigenvalue weighted by Gasteiger charge is 2.08. The van der Waals surface area contributed by atoms with Crippen LogP contribution in [0.5, 0.6) is 11.5 Å². The molecule has 1 aromatic carbocycles. The van der Waals surface area contributed by atoms with Gasteiger partial charge < -0.3 is 14.8 Å². The summed E-state index contributed by atoms with van der Waals surface area (Å²) < 4.78 is 23.3. The minimum absolute atomic E-state index is 0.176. The summed E-state index contributed by atoms with van der Waals surface area (Å²) in [5.41, 5.74) is 1.92. The molecule has 0 spiro atoms. The fraction of sp³-hybridized carbons (Fsp3) is 0.312. The summed E-state index contributed by atoms with van der Waals surface area (Å²) in [5, 5.41) is 3.28. The van der Waals surface area contributed by atoms with Crippen molar-refractivity contribution in [3.05, 3.63) is 48.0 Å². The van der Waals surface area contributed by atoms with Crippen LogP contribution < -0.4 is 14.8 Å². The minimum atomic E-state index is -0.479. The Morgan fingerprint density at radius 1 is 1.14 bits per heavy atom. The second kappa shape index (κ2) is 6.92. The number of benzene rings is 1. The fourth-order valence-electron chi connectivity index (χ4n) is 2.16. The average Bonchev–Trinajstić information content (AvgIpc) is 2.49. The van der Waals surface area contributed by atoms with Crippen LogP contribution in [0.25, 0.3) is 0 Å². The summed E-state index contributed by atoms with van der Waals surface area (Å²) in [4.78, 5) is 3.62. The molecule has 2 aromatic rings. The van der Waals surface area contributed by atoms with Gasteiger partial charge in [-0.2, -0.15) is 4.39 Å². The number of nitrogens with zero attached hydrogens (tertiary/aromatic N) is 1. The van der Waals surface area contributed by atoms with E-state index in [1.54, 1.807) is 20.3 Å². The van der Waals surface area contributed by atoms with Crippen LogP contribution in [-0.4, -0.2) is 25.2 Å². The molecule has 1 N–H and O–H groups in total. The van der Waals surface area contributed by atoms with Crippen LogP contribution in [0, 0.1) is 5.95 Å². The van der Waals surface area contributed by atoms with Crippen LogP contribution in [0.15, 0.2) is 36.5 Å². The van der Waals surface area contributed by atoms with Gasteiger partial charge in [0.25, 0.3) is 0 Å². The van der Waals surface area contributed by atoms with Crippen molar-refractivity contribution in [3.8, 4) is 11.5 Å². The van der Waals surface area contributed by atoms with E-state index in [0.29, 0.717) is 11.5 Å². The van der Waals surface area contributed by atoms with Crippen molar-refractivity contribution in [1.29, 1.82) is 0 Å². The Labute approximate surface area is 123 Å². The van der Waals surface area contributed by atoms with Crippen molar-refractivity contribution in [1.82, 2.24) is 4.98 Å². The number of aromatic nitrogens is 1. The quantitative estimate of drug-likeness (QED) is 0.829. The molecule has 1 heterocycles. The maximum absolute atomic E-state index is 12.8. The summed E-state index contributed by atoms with van der Waals surface area (Å²) in [6, 6.07) is 9.04. The molecule has 0 saturated heterocycles. The van der Waals surface area contributed by atoms with Crippen LogP contribution in [0.2, 0.25) is 0 Å². The van der Waals surface area contributed by atoms with Gasteiger partial charge in [-0.3, -0.25) is 0 Å². The summed E-state index contributed by atoms with van der Waals surface area (Å²) in [5.74, 6) is 0.948. The first-order valence-electron chi connectivity index (χ1n) is 6.71. The third-order valence-corrected chi connectivity index (χ3v) is 3.13. The maximum atomic E-state index is 12.8. The van der Waals surface area contributed by atoms with Crippen molar-refractivity contribution in [2.45, 2.75) is 19.4 Å². The molecule has 4 nitrogen and oxygen atoms in total. The third-order valence-electron chi connectivity index (χ3n) is 3.13. The second-order valence-corrected chi connectivity index (χ2v) is 4.81. The Bertz CT molecular complexity index is 587. The van der Waals surface area contributed by atoms with Crippen LogP contribution in [0.3, 0.4) is 0 Å². The smallest absolute Gasteiger partial charge is 0.212 e. The molecule has 0 bridgehead atoms. The number of anilines is 1. The number of nitrogens with one attached hydrogen (secondary N) is 1. The highest BCUT2D eigenvalue weighted by molar-refractivity contribution is 5.44. The lowest BCUT2D eigenvalue weighted by Crippen LogP contribution is -2.18. The third kappa shape index (κ3) is 4.08. The van der Waals surface area contributed by atoms with E-state index in [1.165, 1.54) is 12.3 Å². The molecule has 0 fully saturated rings. The summed E-state index contributed by atoms with van der Waals surface area (Å²) in [6.45, 7) is 2.06. The largest absolute Gasteiger partial charge is 0.493 e. The molecule has 21 heavy (non-hydrogen) atoms. The highest BCUT2D eigenvalue weighted by Crippen LogP contribution is 2.28. The highest BCUT2D eigenvalue weighted by atomic mass is 19.1. The predicted octanol–water partition coefficient (Wildman–Crippen LogP) is 3.28. The summed E-state index contributed by atoms with van der Waals surface area (Å²) in [6.07, 6.45) is 2.29. The molecule has 0 aliphatic carbocycles. The molecule has 5 heteroatoms. The van der Waals surface area contributed by atoms with Crippen molar-refractivity contribution in [3.63, 3.8) is 0 Å². The zero-order chi connectivity index (χ0) is 15.2. The number of rotatable bonds is 6. The first kappa shape index (κ1) is 15.1. The van der Waals surface area contributed by atoms with Gasteiger partial charge in [-0.1, -0.05) is 6.07 Å². The van der Waals surface area contributed by atoms with Gasteiger partial charge in [0.1, 0.15) is 0 Å². The van der Waals surface area contributed by atoms with E-state index in [9.17, 15) is 4.39 Å². The average molecular weight is 290 g/mol. The molecule has 1 atom stereocenters. The van der Waals surface area contributed by atoms with Gasteiger partial charge in [-0.15, -0.1) is 0 Å². The first-order chi connectivity index (χ1) is 10.1. The zero-order valence-corrected chi connectivity index (χ0v) is 12.4. The van der Waals surface area contributed by atoms with E-state index in [2.05, 4.69) is 17.2 Å². The Kier molecular flexibility index (Phi) is 4.98. The SMILES string of the molecule is COc1ccc(CC(C)Nc2ccc(F)nc2)cc1OC. The van der Waals surface area contributed by atoms with Gasteiger partial charge in [-0.25, -0.2) is 4.98 Å². The number of ether oxygens (including phenoxy) is 2. The molecule has 1 unspecified atom stereocenters. The van der Waals surface area contributed by atoms with Crippen molar-refractivity contribution >= 4 is 5.69 Å². The monoisotopic (exact) mass is 290 g/mol. The van der Waals surface area contributed by atoms with Crippen LogP contribution in [-0.2, 0) is 6.42 Å². The minimum Gasteiger partial charge on any atom is -0.493 e. The standard InChI is InChI=1S/C16H19FN2O2/c1-11(19-13-5-7-16(17)18-10-13)8-12-4-6-14(20-2)15(9-12)21-3/h4-7,9-11,19H,8H2,1-3H3. The van der Waals surface area contributed by atoms with Crippen LogP contribution >= 0.6 is 0 Å². The number of hydrogen-bond donors (Lipinski definition) is 1. The van der Waals surface area contributed by atoms with E-state index < -0.39 is 5.95 Å². The summed E-state index contributed by atoms with van der Waals surface area (Å²) >= 11 is 0. The Balaban J connectivity index is 2.02. The predicted molar refractivity (Wildman–Crippen MR) is 80.5 cm³/mol. The van der Waals surface area contributed by atoms with Gasteiger partial charge in [0.05, 0.1) is 26.1 Å². The lowest BCUT2D eigenvalue weighted by Gasteiger charge is -2.16. The van der Waals surface area contributed by atoms with Crippen LogP contribution in [0.1, 0.15) is 12.5 Å². The summed E-state index contributed by atoms with van der Waals surface area (Å²) in [7, 11) is 3.23. The van der Waals surface area contributed by atoms with E-state index in [4.69, 9.17) is 9.47 Å². The lowest BCUT2D eigenvalue weighted by atomic mass is 10.1. The zero-order valence-electron chi connectivity index (χ0n) is 12.4. The molecular formula is C16H19FN2O2. The molecule has 0 saturated carbocycles. The van der Waals surface area contributed by atoms with E-state index in [-0.39, 0.29) is 6.04 Å².